The van der Waals surface area contributed by atoms with Crippen molar-refractivity contribution in [2.75, 3.05) is 19.6 Å². The molecule has 0 spiro atoms. The van der Waals surface area contributed by atoms with Crippen molar-refractivity contribution in [3.05, 3.63) is 0 Å². The van der Waals surface area contributed by atoms with Crippen LogP contribution in [-0.2, 0) is 0 Å². The topological polar surface area (TPSA) is 29.3 Å². The molecule has 0 aromatic carbocycles. The molecule has 2 aliphatic rings. The Morgan fingerprint density at radius 1 is 0.875 bits per heavy atom. The van der Waals surface area contributed by atoms with E-state index in [1.165, 1.54) is 77.4 Å². The quantitative estimate of drug-likeness (QED) is 0.781. The highest BCUT2D eigenvalue weighted by molar-refractivity contribution is 4.78. The summed E-state index contributed by atoms with van der Waals surface area (Å²) < 4.78 is 0. The van der Waals surface area contributed by atoms with E-state index >= 15 is 0 Å². The van der Waals surface area contributed by atoms with Gasteiger partial charge < -0.3 is 10.6 Å². The predicted molar refractivity (Wildman–Crippen MR) is 69.5 cm³/mol. The summed E-state index contributed by atoms with van der Waals surface area (Å²) in [5.41, 5.74) is 6.07. The lowest BCUT2D eigenvalue weighted by molar-refractivity contribution is 0.180. The zero-order chi connectivity index (χ0) is 11.2. The molecule has 94 valence electrons. The maximum absolute atomic E-state index is 6.07. The van der Waals surface area contributed by atoms with Crippen LogP contribution in [0.5, 0.6) is 0 Å². The summed E-state index contributed by atoms with van der Waals surface area (Å²) in [6.45, 7) is 4.01. The highest BCUT2D eigenvalue weighted by Gasteiger charge is 2.21. The number of likely N-dealkylation sites (tertiary alicyclic amines) is 1. The number of hydrogen-bond donors (Lipinski definition) is 1. The second-order valence-corrected chi connectivity index (χ2v) is 5.86. The Hall–Kier alpha value is -0.0800. The molecule has 0 bridgehead atoms. The van der Waals surface area contributed by atoms with E-state index in [0.29, 0.717) is 6.04 Å². The summed E-state index contributed by atoms with van der Waals surface area (Å²) in [5.74, 6) is 0.892. The summed E-state index contributed by atoms with van der Waals surface area (Å²) in [7, 11) is 0. The van der Waals surface area contributed by atoms with E-state index in [-0.39, 0.29) is 0 Å². The SMILES string of the molecule is NC1CCCC(CN2CCCCCCC2)C1. The average molecular weight is 224 g/mol. The standard InChI is InChI=1S/C14H28N2/c15-14-8-6-7-13(11-14)12-16-9-4-2-1-3-5-10-16/h13-14H,1-12,15H2. The summed E-state index contributed by atoms with van der Waals surface area (Å²) in [6.07, 6.45) is 12.5. The van der Waals surface area contributed by atoms with Crippen molar-refractivity contribution >= 4 is 0 Å². The minimum Gasteiger partial charge on any atom is -0.328 e. The highest BCUT2D eigenvalue weighted by Crippen LogP contribution is 2.24. The summed E-state index contributed by atoms with van der Waals surface area (Å²) in [4.78, 5) is 2.71. The fourth-order valence-electron chi connectivity index (χ4n) is 3.36. The van der Waals surface area contributed by atoms with Gasteiger partial charge >= 0.3 is 0 Å². The minimum atomic E-state index is 0.494. The molecule has 2 unspecified atom stereocenters. The van der Waals surface area contributed by atoms with Crippen LogP contribution in [0.15, 0.2) is 0 Å². The van der Waals surface area contributed by atoms with E-state index in [2.05, 4.69) is 4.90 Å². The van der Waals surface area contributed by atoms with Crippen LogP contribution < -0.4 is 5.73 Å². The first-order chi connectivity index (χ1) is 7.84. The maximum Gasteiger partial charge on any atom is 0.00419 e. The number of nitrogens with zero attached hydrogens (tertiary/aromatic N) is 1. The van der Waals surface area contributed by atoms with Crippen LogP contribution in [0.25, 0.3) is 0 Å². The Bertz CT molecular complexity index is 185. The van der Waals surface area contributed by atoms with Crippen molar-refractivity contribution < 1.29 is 0 Å². The molecule has 2 N–H and O–H groups in total. The van der Waals surface area contributed by atoms with Gasteiger partial charge in [0.15, 0.2) is 0 Å². The molecule has 0 aromatic heterocycles. The van der Waals surface area contributed by atoms with Crippen LogP contribution in [0.4, 0.5) is 0 Å². The Morgan fingerprint density at radius 2 is 1.56 bits per heavy atom. The predicted octanol–water partition coefficient (Wildman–Crippen LogP) is 2.77. The molecule has 2 rings (SSSR count). The second kappa shape index (κ2) is 6.61. The molecule has 1 aliphatic heterocycles. The van der Waals surface area contributed by atoms with Gasteiger partial charge in [-0.25, -0.2) is 0 Å². The van der Waals surface area contributed by atoms with Gasteiger partial charge in [0.2, 0.25) is 0 Å². The van der Waals surface area contributed by atoms with Gasteiger partial charge in [-0.2, -0.15) is 0 Å². The summed E-state index contributed by atoms with van der Waals surface area (Å²) >= 11 is 0. The molecule has 1 heterocycles. The van der Waals surface area contributed by atoms with E-state index in [1.54, 1.807) is 0 Å². The molecule has 2 atom stereocenters. The van der Waals surface area contributed by atoms with Crippen molar-refractivity contribution in [3.8, 4) is 0 Å². The smallest absolute Gasteiger partial charge is 0.00419 e. The van der Waals surface area contributed by atoms with E-state index < -0.39 is 0 Å². The van der Waals surface area contributed by atoms with E-state index in [4.69, 9.17) is 5.73 Å². The van der Waals surface area contributed by atoms with Crippen molar-refractivity contribution in [2.24, 2.45) is 11.7 Å². The fraction of sp³-hybridized carbons (Fsp3) is 1.00. The second-order valence-electron chi connectivity index (χ2n) is 5.86. The molecule has 16 heavy (non-hydrogen) atoms. The highest BCUT2D eigenvalue weighted by atomic mass is 15.1. The normalized spacial score (nSPS) is 34.3. The molecule has 0 amide bonds. The first-order valence-corrected chi connectivity index (χ1v) is 7.32. The molecular formula is C14H28N2. The van der Waals surface area contributed by atoms with Gasteiger partial charge in [0.05, 0.1) is 0 Å². The molecule has 0 radical (unpaired) electrons. The summed E-state index contributed by atoms with van der Waals surface area (Å²) in [5, 5.41) is 0. The van der Waals surface area contributed by atoms with Crippen LogP contribution in [0, 0.1) is 5.92 Å². The largest absolute Gasteiger partial charge is 0.328 e. The van der Waals surface area contributed by atoms with E-state index in [9.17, 15) is 0 Å². The van der Waals surface area contributed by atoms with Crippen LogP contribution in [0.3, 0.4) is 0 Å². The molecule has 1 saturated carbocycles. The third-order valence-corrected chi connectivity index (χ3v) is 4.29. The fourth-order valence-corrected chi connectivity index (χ4v) is 3.36. The zero-order valence-electron chi connectivity index (χ0n) is 10.7. The number of nitrogens with two attached hydrogens (primary N) is 1. The first-order valence-electron chi connectivity index (χ1n) is 7.32. The van der Waals surface area contributed by atoms with E-state index in [1.807, 2.05) is 0 Å². The number of hydrogen-bond acceptors (Lipinski definition) is 2. The van der Waals surface area contributed by atoms with Gasteiger partial charge in [0.1, 0.15) is 0 Å². The van der Waals surface area contributed by atoms with Gasteiger partial charge in [-0.05, 0) is 51.1 Å². The summed E-state index contributed by atoms with van der Waals surface area (Å²) in [6, 6.07) is 0.494. The molecular weight excluding hydrogens is 196 g/mol. The van der Waals surface area contributed by atoms with E-state index in [0.717, 1.165) is 5.92 Å². The van der Waals surface area contributed by atoms with Gasteiger partial charge in [-0.15, -0.1) is 0 Å². The van der Waals surface area contributed by atoms with Gasteiger partial charge in [-0.1, -0.05) is 25.7 Å². The van der Waals surface area contributed by atoms with Crippen LogP contribution in [0.2, 0.25) is 0 Å². The maximum atomic E-state index is 6.07. The Morgan fingerprint density at radius 3 is 2.25 bits per heavy atom. The molecule has 0 aromatic rings. The van der Waals surface area contributed by atoms with Crippen molar-refractivity contribution in [3.63, 3.8) is 0 Å². The van der Waals surface area contributed by atoms with Crippen molar-refractivity contribution in [1.82, 2.24) is 4.90 Å². The Labute approximate surface area is 101 Å². The third kappa shape index (κ3) is 4.06. The average Bonchev–Trinajstić information content (AvgIpc) is 2.22. The molecule has 1 saturated heterocycles. The first kappa shape index (κ1) is 12.4. The Balaban J connectivity index is 1.73. The lowest BCUT2D eigenvalue weighted by atomic mass is 9.85. The lowest BCUT2D eigenvalue weighted by Gasteiger charge is -2.32. The molecule has 2 fully saturated rings. The van der Waals surface area contributed by atoms with Crippen LogP contribution in [-0.4, -0.2) is 30.6 Å². The van der Waals surface area contributed by atoms with Crippen molar-refractivity contribution in [2.45, 2.75) is 63.8 Å². The minimum absolute atomic E-state index is 0.494. The van der Waals surface area contributed by atoms with Gasteiger partial charge in [0.25, 0.3) is 0 Å². The molecule has 2 heteroatoms. The van der Waals surface area contributed by atoms with Crippen molar-refractivity contribution in [1.29, 1.82) is 0 Å². The van der Waals surface area contributed by atoms with Gasteiger partial charge in [-0.3, -0.25) is 0 Å². The van der Waals surface area contributed by atoms with Crippen LogP contribution >= 0.6 is 0 Å². The number of rotatable bonds is 2. The third-order valence-electron chi connectivity index (χ3n) is 4.29. The Kier molecular flexibility index (Phi) is 5.11. The van der Waals surface area contributed by atoms with Gasteiger partial charge in [0, 0.05) is 12.6 Å². The molecule has 1 aliphatic carbocycles. The van der Waals surface area contributed by atoms with Crippen LogP contribution in [0.1, 0.15) is 57.8 Å². The molecule has 2 nitrogen and oxygen atoms in total. The zero-order valence-corrected chi connectivity index (χ0v) is 10.7. The lowest BCUT2D eigenvalue weighted by Crippen LogP contribution is -2.37. The monoisotopic (exact) mass is 224 g/mol.